The minimum atomic E-state index is -3.49. The number of sulfone groups is 1. The average Bonchev–Trinajstić information content (AvgIpc) is 2.66. The smallest absolute Gasteiger partial charge is 0.158 e. The van der Waals surface area contributed by atoms with Gasteiger partial charge in [-0.1, -0.05) is 29.8 Å². The van der Waals surface area contributed by atoms with Crippen molar-refractivity contribution in [1.82, 2.24) is 9.78 Å². The Balaban J connectivity index is 2.14. The van der Waals surface area contributed by atoms with Crippen LogP contribution < -0.4 is 0 Å². The molecule has 5 nitrogen and oxygen atoms in total. The fourth-order valence-corrected chi connectivity index (χ4v) is 3.88. The standard InChI is InChI=1S/C14H17ClN2O3S/c1-10-7-17(2)16-13(10)8-21(19,20)9-14(18)11-5-3-4-6-12(11)15/h3-7,14,18H,8-9H2,1-2H3. The normalized spacial score (nSPS) is 13.3. The Morgan fingerprint density at radius 1 is 1.38 bits per heavy atom. The number of hydrogen-bond acceptors (Lipinski definition) is 4. The number of aromatic nitrogens is 2. The van der Waals surface area contributed by atoms with Crippen LogP contribution in [0, 0.1) is 6.92 Å². The van der Waals surface area contributed by atoms with Gasteiger partial charge in [-0.05, 0) is 18.6 Å². The first-order valence-electron chi connectivity index (χ1n) is 6.40. The molecular formula is C14H17ClN2O3S. The quantitative estimate of drug-likeness (QED) is 0.911. The Morgan fingerprint density at radius 3 is 2.62 bits per heavy atom. The number of nitrogens with zero attached hydrogens (tertiary/aromatic N) is 2. The van der Waals surface area contributed by atoms with Crippen molar-refractivity contribution in [3.05, 3.63) is 52.3 Å². The average molecular weight is 329 g/mol. The summed E-state index contributed by atoms with van der Waals surface area (Å²) in [5.74, 6) is -0.575. The third kappa shape index (κ3) is 4.06. The monoisotopic (exact) mass is 328 g/mol. The van der Waals surface area contributed by atoms with Gasteiger partial charge >= 0.3 is 0 Å². The van der Waals surface area contributed by atoms with Gasteiger partial charge in [0.1, 0.15) is 0 Å². The Hall–Kier alpha value is -1.37. The van der Waals surface area contributed by atoms with Crippen molar-refractivity contribution in [3.8, 4) is 0 Å². The maximum atomic E-state index is 12.2. The molecule has 0 aliphatic heterocycles. The molecule has 1 heterocycles. The van der Waals surface area contributed by atoms with Gasteiger partial charge in [-0.15, -0.1) is 0 Å². The van der Waals surface area contributed by atoms with Crippen molar-refractivity contribution < 1.29 is 13.5 Å². The van der Waals surface area contributed by atoms with Crippen molar-refractivity contribution in [1.29, 1.82) is 0 Å². The van der Waals surface area contributed by atoms with Crippen LogP contribution in [0.2, 0.25) is 5.02 Å². The fourth-order valence-electron chi connectivity index (χ4n) is 2.14. The van der Waals surface area contributed by atoms with E-state index in [4.69, 9.17) is 11.6 Å². The Bertz CT molecular complexity index is 740. The van der Waals surface area contributed by atoms with Crippen LogP contribution in [0.15, 0.2) is 30.5 Å². The number of aliphatic hydroxyl groups is 1. The van der Waals surface area contributed by atoms with E-state index in [0.29, 0.717) is 16.3 Å². The lowest BCUT2D eigenvalue weighted by Crippen LogP contribution is -2.17. The summed E-state index contributed by atoms with van der Waals surface area (Å²) in [5.41, 5.74) is 1.73. The molecule has 1 aromatic heterocycles. The molecular weight excluding hydrogens is 312 g/mol. The van der Waals surface area contributed by atoms with Gasteiger partial charge in [-0.25, -0.2) is 8.42 Å². The molecule has 0 amide bonds. The van der Waals surface area contributed by atoms with E-state index in [2.05, 4.69) is 5.10 Å². The summed E-state index contributed by atoms with van der Waals surface area (Å²) in [4.78, 5) is 0. The highest BCUT2D eigenvalue weighted by Gasteiger charge is 2.22. The van der Waals surface area contributed by atoms with E-state index >= 15 is 0 Å². The molecule has 2 aromatic rings. The number of halogens is 1. The lowest BCUT2D eigenvalue weighted by molar-refractivity contribution is 0.201. The second-order valence-electron chi connectivity index (χ2n) is 5.02. The van der Waals surface area contributed by atoms with E-state index in [9.17, 15) is 13.5 Å². The van der Waals surface area contributed by atoms with Gasteiger partial charge in [0.15, 0.2) is 9.84 Å². The Labute approximate surface area is 129 Å². The number of aryl methyl sites for hydroxylation is 2. The minimum absolute atomic E-state index is 0.193. The van der Waals surface area contributed by atoms with Crippen LogP contribution in [0.25, 0.3) is 0 Å². The highest BCUT2D eigenvalue weighted by Crippen LogP contribution is 2.24. The molecule has 0 aliphatic rings. The number of hydrogen-bond donors (Lipinski definition) is 1. The molecule has 1 unspecified atom stereocenters. The summed E-state index contributed by atoms with van der Waals surface area (Å²) in [6, 6.07) is 6.68. The molecule has 0 bridgehead atoms. The lowest BCUT2D eigenvalue weighted by atomic mass is 10.1. The molecule has 0 spiro atoms. The molecule has 1 N–H and O–H groups in total. The summed E-state index contributed by atoms with van der Waals surface area (Å²) >= 11 is 5.97. The Kier molecular flexibility index (Phi) is 4.70. The zero-order chi connectivity index (χ0) is 15.6. The summed E-state index contributed by atoms with van der Waals surface area (Å²) in [7, 11) is -1.75. The number of rotatable bonds is 5. The molecule has 1 aromatic carbocycles. The molecule has 114 valence electrons. The van der Waals surface area contributed by atoms with Gasteiger partial charge in [-0.3, -0.25) is 4.68 Å². The van der Waals surface area contributed by atoms with Gasteiger partial charge in [0.05, 0.1) is 23.3 Å². The van der Waals surface area contributed by atoms with E-state index in [-0.39, 0.29) is 11.5 Å². The van der Waals surface area contributed by atoms with E-state index in [1.165, 1.54) is 0 Å². The van der Waals surface area contributed by atoms with Crippen molar-refractivity contribution in [2.45, 2.75) is 18.8 Å². The first-order chi connectivity index (χ1) is 9.78. The topological polar surface area (TPSA) is 72.2 Å². The molecule has 1 atom stereocenters. The first-order valence-corrected chi connectivity index (χ1v) is 8.60. The summed E-state index contributed by atoms with van der Waals surface area (Å²) < 4.78 is 26.0. The molecule has 7 heteroatoms. The molecule has 21 heavy (non-hydrogen) atoms. The SMILES string of the molecule is Cc1cn(C)nc1CS(=O)(=O)CC(O)c1ccccc1Cl. The van der Waals surface area contributed by atoms with Gasteiger partial charge in [0.25, 0.3) is 0 Å². The maximum Gasteiger partial charge on any atom is 0.158 e. The van der Waals surface area contributed by atoms with Crippen molar-refractivity contribution in [2.24, 2.45) is 7.05 Å². The van der Waals surface area contributed by atoms with Crippen LogP contribution in [0.1, 0.15) is 22.9 Å². The molecule has 0 aliphatic carbocycles. The van der Waals surface area contributed by atoms with Crippen LogP contribution in [0.5, 0.6) is 0 Å². The van der Waals surface area contributed by atoms with E-state index in [0.717, 1.165) is 5.56 Å². The van der Waals surface area contributed by atoms with E-state index in [1.807, 2.05) is 6.92 Å². The van der Waals surface area contributed by atoms with Crippen molar-refractivity contribution >= 4 is 21.4 Å². The van der Waals surface area contributed by atoms with Gasteiger partial charge in [-0.2, -0.15) is 5.10 Å². The molecule has 0 fully saturated rings. The summed E-state index contributed by atoms with van der Waals surface area (Å²) in [6.45, 7) is 1.81. The molecule has 0 saturated heterocycles. The second kappa shape index (κ2) is 6.17. The van der Waals surface area contributed by atoms with Gasteiger partial charge in [0, 0.05) is 23.8 Å². The number of benzene rings is 1. The van der Waals surface area contributed by atoms with Crippen LogP contribution in [-0.2, 0) is 22.6 Å². The van der Waals surface area contributed by atoms with Crippen LogP contribution in [0.3, 0.4) is 0 Å². The van der Waals surface area contributed by atoms with Crippen LogP contribution in [-0.4, -0.2) is 29.1 Å². The highest BCUT2D eigenvalue weighted by atomic mass is 35.5. The van der Waals surface area contributed by atoms with E-state index in [1.54, 1.807) is 42.2 Å². The van der Waals surface area contributed by atoms with Crippen LogP contribution >= 0.6 is 11.6 Å². The summed E-state index contributed by atoms with van der Waals surface area (Å²) in [6.07, 6.45) is 0.614. The fraction of sp³-hybridized carbons (Fsp3) is 0.357. The third-order valence-electron chi connectivity index (χ3n) is 3.15. The maximum absolute atomic E-state index is 12.2. The largest absolute Gasteiger partial charge is 0.387 e. The molecule has 0 radical (unpaired) electrons. The lowest BCUT2D eigenvalue weighted by Gasteiger charge is -2.12. The third-order valence-corrected chi connectivity index (χ3v) is 5.03. The Morgan fingerprint density at radius 2 is 2.05 bits per heavy atom. The van der Waals surface area contributed by atoms with Crippen LogP contribution in [0.4, 0.5) is 0 Å². The minimum Gasteiger partial charge on any atom is -0.387 e. The second-order valence-corrected chi connectivity index (χ2v) is 7.54. The van der Waals surface area contributed by atoms with Crippen molar-refractivity contribution in [3.63, 3.8) is 0 Å². The first kappa shape index (κ1) is 16.0. The summed E-state index contributed by atoms with van der Waals surface area (Å²) in [5, 5.41) is 14.6. The predicted molar refractivity (Wildman–Crippen MR) is 81.8 cm³/mol. The molecule has 0 saturated carbocycles. The van der Waals surface area contributed by atoms with Gasteiger partial charge in [0.2, 0.25) is 0 Å². The zero-order valence-electron chi connectivity index (χ0n) is 11.8. The van der Waals surface area contributed by atoms with Gasteiger partial charge < -0.3 is 5.11 Å². The van der Waals surface area contributed by atoms with E-state index < -0.39 is 15.9 Å². The van der Waals surface area contributed by atoms with Crippen molar-refractivity contribution in [2.75, 3.05) is 5.75 Å². The number of aliphatic hydroxyl groups excluding tert-OH is 1. The highest BCUT2D eigenvalue weighted by molar-refractivity contribution is 7.90. The zero-order valence-corrected chi connectivity index (χ0v) is 13.4. The molecule has 2 rings (SSSR count). The predicted octanol–water partition coefficient (Wildman–Crippen LogP) is 2.03.